The van der Waals surface area contributed by atoms with Crippen molar-refractivity contribution in [3.8, 4) is 0 Å². The van der Waals surface area contributed by atoms with Gasteiger partial charge in [0, 0.05) is 20.8 Å². The monoisotopic (exact) mass is 349 g/mol. The molecule has 0 aromatic carbocycles. The molecule has 11 heteroatoms. The summed E-state index contributed by atoms with van der Waals surface area (Å²) in [4.78, 5) is 50.5. The molecule has 2 N–H and O–H groups in total. The quantitative estimate of drug-likeness (QED) is 0.353. The molecule has 0 unspecified atom stereocenters. The van der Waals surface area contributed by atoms with E-state index in [4.69, 9.17) is 24.8 Å². The summed E-state index contributed by atoms with van der Waals surface area (Å²) >= 11 is 0. The molecule has 1 aliphatic heterocycles. The van der Waals surface area contributed by atoms with Gasteiger partial charge in [-0.3, -0.25) is 19.2 Å². The van der Waals surface area contributed by atoms with Gasteiger partial charge in [0.1, 0.15) is 0 Å². The predicted octanol–water partition coefficient (Wildman–Crippen LogP) is -1.43. The van der Waals surface area contributed by atoms with Gasteiger partial charge in [0.15, 0.2) is 24.4 Å². The van der Waals surface area contributed by atoms with Crippen molar-refractivity contribution in [3.63, 3.8) is 0 Å². The lowest BCUT2D eigenvalue weighted by molar-refractivity contribution is -0.302. The van der Waals surface area contributed by atoms with Crippen molar-refractivity contribution in [1.29, 1.82) is 0 Å². The van der Waals surface area contributed by atoms with E-state index in [9.17, 15) is 19.2 Å². The fourth-order valence-electron chi connectivity index (χ4n) is 2.19. The second kappa shape index (κ2) is 8.57. The van der Waals surface area contributed by atoms with Crippen LogP contribution in [0.15, 0.2) is 0 Å². The molecule has 0 aliphatic carbocycles. The summed E-state index contributed by atoms with van der Waals surface area (Å²) in [5.74, 6) is 1.83. The summed E-state index contributed by atoms with van der Waals surface area (Å²) in [7, 11) is 1.08. The zero-order valence-electron chi connectivity index (χ0n) is 13.5. The Morgan fingerprint density at radius 2 is 1.29 bits per heavy atom. The van der Waals surface area contributed by atoms with E-state index in [2.05, 4.69) is 9.57 Å². The zero-order chi connectivity index (χ0) is 18.4. The van der Waals surface area contributed by atoms with Gasteiger partial charge in [0.2, 0.25) is 6.29 Å². The highest BCUT2D eigenvalue weighted by Crippen LogP contribution is 2.29. The van der Waals surface area contributed by atoms with Gasteiger partial charge in [-0.2, -0.15) is 0 Å². The number of nitrogens with two attached hydrogens (primary N) is 1. The maximum Gasteiger partial charge on any atom is 0.339 e. The first-order valence-electron chi connectivity index (χ1n) is 6.81. The Labute approximate surface area is 137 Å². The second-order valence-corrected chi connectivity index (χ2v) is 4.81. The molecule has 0 radical (unpaired) electrons. The van der Waals surface area contributed by atoms with Crippen molar-refractivity contribution in [1.82, 2.24) is 0 Å². The largest absolute Gasteiger partial charge is 0.467 e. The van der Waals surface area contributed by atoms with E-state index in [1.165, 1.54) is 0 Å². The average Bonchev–Trinajstić information content (AvgIpc) is 2.48. The molecule has 1 rings (SSSR count). The van der Waals surface area contributed by atoms with Crippen LogP contribution >= 0.6 is 0 Å². The molecule has 1 heterocycles. The number of rotatable bonds is 5. The third-order valence-corrected chi connectivity index (χ3v) is 2.97. The zero-order valence-corrected chi connectivity index (χ0v) is 13.5. The van der Waals surface area contributed by atoms with Crippen molar-refractivity contribution >= 4 is 23.9 Å². The smallest absolute Gasteiger partial charge is 0.339 e. The van der Waals surface area contributed by atoms with Crippen LogP contribution in [0, 0.1) is 0 Å². The third-order valence-electron chi connectivity index (χ3n) is 2.97. The molecule has 0 aromatic heterocycles. The maximum absolute atomic E-state index is 11.9. The number of hydrogen-bond acceptors (Lipinski definition) is 11. The molecule has 24 heavy (non-hydrogen) atoms. The molecule has 11 nitrogen and oxygen atoms in total. The van der Waals surface area contributed by atoms with E-state index < -0.39 is 54.6 Å². The lowest BCUT2D eigenvalue weighted by Crippen LogP contribution is -2.64. The van der Waals surface area contributed by atoms with Gasteiger partial charge in [0.25, 0.3) is 0 Å². The van der Waals surface area contributed by atoms with Gasteiger partial charge in [-0.1, -0.05) is 0 Å². The summed E-state index contributed by atoms with van der Waals surface area (Å²) in [5, 5.41) is 0. The van der Waals surface area contributed by atoms with E-state index in [0.29, 0.717) is 0 Å². The van der Waals surface area contributed by atoms with Gasteiger partial charge in [-0.15, -0.1) is 0 Å². The number of esters is 4. The SMILES string of the molecule is COC(=O)[C@H]1O[C@@H](ON)[C@H](OC(C)=O)[C@@H](OC(C)=O)[C@@H]1OC(C)=O. The van der Waals surface area contributed by atoms with Gasteiger partial charge < -0.3 is 23.7 Å². The first-order valence-corrected chi connectivity index (χ1v) is 6.81. The van der Waals surface area contributed by atoms with Crippen molar-refractivity contribution in [2.24, 2.45) is 5.90 Å². The highest BCUT2D eigenvalue weighted by atomic mass is 16.8. The van der Waals surface area contributed by atoms with E-state index in [0.717, 1.165) is 27.9 Å². The summed E-state index contributed by atoms with van der Waals surface area (Å²) < 4.78 is 24.9. The Bertz CT molecular complexity index is 507. The van der Waals surface area contributed by atoms with Crippen LogP contribution in [0.1, 0.15) is 20.8 Å². The molecule has 0 bridgehead atoms. The van der Waals surface area contributed by atoms with Crippen LogP contribution < -0.4 is 5.90 Å². The maximum atomic E-state index is 11.9. The summed E-state index contributed by atoms with van der Waals surface area (Å²) in [6, 6.07) is 0. The van der Waals surface area contributed by atoms with E-state index in [1.54, 1.807) is 0 Å². The second-order valence-electron chi connectivity index (χ2n) is 4.81. The topological polar surface area (TPSA) is 150 Å². The van der Waals surface area contributed by atoms with Crippen molar-refractivity contribution in [2.45, 2.75) is 51.5 Å². The summed E-state index contributed by atoms with van der Waals surface area (Å²) in [6.45, 7) is 3.24. The van der Waals surface area contributed by atoms with Crippen molar-refractivity contribution < 1.29 is 47.7 Å². The number of carbonyl (C=O) groups is 4. The van der Waals surface area contributed by atoms with Gasteiger partial charge in [-0.25, -0.2) is 10.7 Å². The van der Waals surface area contributed by atoms with Crippen LogP contribution in [0.25, 0.3) is 0 Å². The predicted molar refractivity (Wildman–Crippen MR) is 72.6 cm³/mol. The summed E-state index contributed by atoms with van der Waals surface area (Å²) in [5.41, 5.74) is 0. The van der Waals surface area contributed by atoms with E-state index in [1.807, 2.05) is 0 Å². The standard InChI is InChI=1S/C13H19NO10/c1-5(15)20-8-9(21-6(2)16)11(22-7(3)17)13(24-14)23-10(8)12(18)19-4/h8-11,13H,14H2,1-4H3/t8-,9-,10-,11+,13-/m0/s1. The number of ether oxygens (including phenoxy) is 5. The summed E-state index contributed by atoms with van der Waals surface area (Å²) in [6.07, 6.45) is -7.18. The first-order chi connectivity index (χ1) is 11.2. The Kier molecular flexibility index (Phi) is 7.07. The lowest BCUT2D eigenvalue weighted by atomic mass is 9.98. The number of carbonyl (C=O) groups excluding carboxylic acids is 4. The van der Waals surface area contributed by atoms with Crippen LogP contribution in [0.5, 0.6) is 0 Å². The molecular formula is C13H19NO10. The van der Waals surface area contributed by atoms with Crippen LogP contribution in [-0.2, 0) is 47.7 Å². The molecule has 5 atom stereocenters. The molecule has 136 valence electrons. The molecule has 0 aromatic rings. The highest BCUT2D eigenvalue weighted by Gasteiger charge is 2.55. The Morgan fingerprint density at radius 1 is 0.833 bits per heavy atom. The normalized spacial score (nSPS) is 29.3. The molecule has 1 saturated heterocycles. The molecule has 1 fully saturated rings. The minimum Gasteiger partial charge on any atom is -0.467 e. The fourth-order valence-corrected chi connectivity index (χ4v) is 2.19. The van der Waals surface area contributed by atoms with Crippen LogP contribution in [-0.4, -0.2) is 61.7 Å². The van der Waals surface area contributed by atoms with E-state index in [-0.39, 0.29) is 0 Å². The Morgan fingerprint density at radius 3 is 1.71 bits per heavy atom. The molecule has 0 spiro atoms. The van der Waals surface area contributed by atoms with Gasteiger partial charge >= 0.3 is 23.9 Å². The average molecular weight is 349 g/mol. The Hall–Kier alpha value is -2.24. The van der Waals surface area contributed by atoms with Crippen molar-refractivity contribution in [3.05, 3.63) is 0 Å². The van der Waals surface area contributed by atoms with E-state index >= 15 is 0 Å². The molecule has 1 aliphatic rings. The van der Waals surface area contributed by atoms with Gasteiger partial charge in [0.05, 0.1) is 7.11 Å². The van der Waals surface area contributed by atoms with Gasteiger partial charge in [-0.05, 0) is 0 Å². The Balaban J connectivity index is 3.28. The fraction of sp³-hybridized carbons (Fsp3) is 0.692. The molecular weight excluding hydrogens is 330 g/mol. The highest BCUT2D eigenvalue weighted by molar-refractivity contribution is 5.77. The van der Waals surface area contributed by atoms with Crippen LogP contribution in [0.3, 0.4) is 0 Å². The third kappa shape index (κ3) is 4.88. The minimum absolute atomic E-state index is 0.763. The number of hydrogen-bond donors (Lipinski definition) is 1. The molecule has 0 amide bonds. The van der Waals surface area contributed by atoms with Crippen LogP contribution in [0.4, 0.5) is 0 Å². The minimum atomic E-state index is -1.51. The first kappa shape index (κ1) is 19.8. The lowest BCUT2D eigenvalue weighted by Gasteiger charge is -2.42. The van der Waals surface area contributed by atoms with Crippen LogP contribution in [0.2, 0.25) is 0 Å². The van der Waals surface area contributed by atoms with Crippen molar-refractivity contribution in [2.75, 3.05) is 7.11 Å². The molecule has 0 saturated carbocycles. The number of methoxy groups -OCH3 is 1.